The first-order valence-electron chi connectivity index (χ1n) is 8.97. The maximum atomic E-state index is 12.4. The Hall–Kier alpha value is -3.08. The number of aryl methyl sites for hydroxylation is 1. The second-order valence-electron chi connectivity index (χ2n) is 6.23. The molecule has 5 nitrogen and oxygen atoms in total. The van der Waals surface area contributed by atoms with Gasteiger partial charge in [0.2, 0.25) is 0 Å². The smallest absolute Gasteiger partial charge is 0.344 e. The maximum Gasteiger partial charge on any atom is 0.344 e. The number of carbonyl (C=O) groups excluding carboxylic acids is 1. The first-order chi connectivity index (χ1) is 13.1. The number of hydrogen-bond donors (Lipinski definition) is 0. The molecule has 0 aliphatic heterocycles. The Labute approximate surface area is 157 Å². The molecule has 140 valence electrons. The van der Waals surface area contributed by atoms with Gasteiger partial charge < -0.3 is 13.9 Å². The molecule has 0 N–H and O–H groups in total. The van der Waals surface area contributed by atoms with E-state index in [4.69, 9.17) is 13.9 Å². The lowest BCUT2D eigenvalue weighted by molar-refractivity contribution is -0.143. The van der Waals surface area contributed by atoms with E-state index in [9.17, 15) is 9.59 Å². The fraction of sp³-hybridized carbons (Fsp3) is 0.273. The van der Waals surface area contributed by atoms with Crippen molar-refractivity contribution in [1.82, 2.24) is 0 Å². The van der Waals surface area contributed by atoms with Crippen molar-refractivity contribution in [1.29, 1.82) is 0 Å². The summed E-state index contributed by atoms with van der Waals surface area (Å²) in [6.45, 7) is 2.17. The van der Waals surface area contributed by atoms with Crippen molar-refractivity contribution in [3.63, 3.8) is 0 Å². The van der Waals surface area contributed by atoms with Crippen LogP contribution in [-0.2, 0) is 16.0 Å². The van der Waals surface area contributed by atoms with E-state index in [0.29, 0.717) is 24.2 Å². The Balaban J connectivity index is 1.78. The largest absolute Gasteiger partial charge is 0.497 e. The van der Waals surface area contributed by atoms with E-state index in [1.807, 2.05) is 48.5 Å². The quantitative estimate of drug-likeness (QED) is 0.353. The Kier molecular flexibility index (Phi) is 5.91. The normalized spacial score (nSPS) is 10.7. The van der Waals surface area contributed by atoms with Crippen LogP contribution in [0.25, 0.3) is 22.1 Å². The van der Waals surface area contributed by atoms with Gasteiger partial charge in [0, 0.05) is 11.8 Å². The molecule has 3 aromatic rings. The van der Waals surface area contributed by atoms with Crippen LogP contribution in [-0.4, -0.2) is 19.7 Å². The molecule has 0 radical (unpaired) electrons. The van der Waals surface area contributed by atoms with Crippen molar-refractivity contribution < 1.29 is 18.7 Å². The van der Waals surface area contributed by atoms with E-state index < -0.39 is 0 Å². The van der Waals surface area contributed by atoms with Gasteiger partial charge in [-0.15, -0.1) is 0 Å². The van der Waals surface area contributed by atoms with E-state index in [0.717, 1.165) is 35.1 Å². The highest BCUT2D eigenvalue weighted by molar-refractivity contribution is 5.82. The van der Waals surface area contributed by atoms with Crippen molar-refractivity contribution in [3.8, 4) is 16.9 Å². The zero-order valence-electron chi connectivity index (χ0n) is 15.5. The number of methoxy groups -OCH3 is 1. The summed E-state index contributed by atoms with van der Waals surface area (Å²) in [4.78, 5) is 23.6. The average molecular weight is 366 g/mol. The van der Waals surface area contributed by atoms with Crippen LogP contribution in [0.4, 0.5) is 0 Å². The monoisotopic (exact) mass is 366 g/mol. The minimum atomic E-state index is -0.373. The molecule has 1 heterocycles. The molecule has 0 aliphatic carbocycles. The summed E-state index contributed by atoms with van der Waals surface area (Å²) >= 11 is 0. The molecule has 1 aromatic heterocycles. The molecular weight excluding hydrogens is 344 g/mol. The molecule has 0 aliphatic rings. The van der Waals surface area contributed by atoms with Crippen molar-refractivity contribution >= 4 is 16.9 Å². The predicted octanol–water partition coefficient (Wildman–Crippen LogP) is 4.35. The molecule has 0 unspecified atom stereocenters. The molecular formula is C22H22O5. The van der Waals surface area contributed by atoms with Crippen LogP contribution in [0, 0.1) is 0 Å². The third-order valence-corrected chi connectivity index (χ3v) is 4.36. The lowest BCUT2D eigenvalue weighted by atomic mass is 10.0. The third-order valence-electron chi connectivity index (χ3n) is 4.36. The van der Waals surface area contributed by atoms with Crippen LogP contribution >= 0.6 is 0 Å². The highest BCUT2D eigenvalue weighted by Crippen LogP contribution is 2.24. The molecule has 0 saturated carbocycles. The SMILES string of the molecule is CCC(=O)OCCCc1ccc2cc(-c3ccc(OC)cc3)c(=O)oc2c1. The molecule has 0 spiro atoms. The van der Waals surface area contributed by atoms with Gasteiger partial charge in [-0.05, 0) is 48.2 Å². The summed E-state index contributed by atoms with van der Waals surface area (Å²) in [5.74, 6) is 0.545. The number of hydrogen-bond acceptors (Lipinski definition) is 5. The second-order valence-corrected chi connectivity index (χ2v) is 6.23. The van der Waals surface area contributed by atoms with Crippen molar-refractivity contribution in [2.75, 3.05) is 13.7 Å². The van der Waals surface area contributed by atoms with Crippen molar-refractivity contribution in [3.05, 3.63) is 64.5 Å². The van der Waals surface area contributed by atoms with Gasteiger partial charge in [-0.3, -0.25) is 4.79 Å². The molecule has 0 amide bonds. The van der Waals surface area contributed by atoms with Crippen LogP contribution in [0.2, 0.25) is 0 Å². The van der Waals surface area contributed by atoms with Crippen LogP contribution < -0.4 is 10.4 Å². The minimum Gasteiger partial charge on any atom is -0.497 e. The first kappa shape index (κ1) is 18.7. The van der Waals surface area contributed by atoms with E-state index in [-0.39, 0.29) is 11.6 Å². The highest BCUT2D eigenvalue weighted by atomic mass is 16.5. The molecule has 0 saturated heterocycles. The summed E-state index contributed by atoms with van der Waals surface area (Å²) < 4.78 is 15.8. The molecule has 0 bridgehead atoms. The number of rotatable bonds is 7. The summed E-state index contributed by atoms with van der Waals surface area (Å²) in [6, 6.07) is 15.0. The van der Waals surface area contributed by atoms with Gasteiger partial charge in [-0.25, -0.2) is 4.79 Å². The molecule has 5 heteroatoms. The van der Waals surface area contributed by atoms with Crippen LogP contribution in [0.5, 0.6) is 5.75 Å². The lowest BCUT2D eigenvalue weighted by Crippen LogP contribution is -2.05. The lowest BCUT2D eigenvalue weighted by Gasteiger charge is -2.07. The summed E-state index contributed by atoms with van der Waals surface area (Å²) in [5, 5.41) is 0.863. The third kappa shape index (κ3) is 4.56. The van der Waals surface area contributed by atoms with E-state index in [1.165, 1.54) is 0 Å². The number of esters is 1. The summed E-state index contributed by atoms with van der Waals surface area (Å²) in [7, 11) is 1.60. The van der Waals surface area contributed by atoms with Gasteiger partial charge >= 0.3 is 11.6 Å². The van der Waals surface area contributed by atoms with Crippen molar-refractivity contribution in [2.24, 2.45) is 0 Å². The number of fused-ring (bicyclic) bond motifs is 1. The zero-order valence-corrected chi connectivity index (χ0v) is 15.5. The van der Waals surface area contributed by atoms with Gasteiger partial charge in [-0.1, -0.05) is 31.2 Å². The van der Waals surface area contributed by atoms with Gasteiger partial charge in [0.25, 0.3) is 0 Å². The zero-order chi connectivity index (χ0) is 19.2. The summed E-state index contributed by atoms with van der Waals surface area (Å²) in [5.41, 5.74) is 2.52. The molecule has 2 aromatic carbocycles. The topological polar surface area (TPSA) is 65.7 Å². The van der Waals surface area contributed by atoms with Crippen LogP contribution in [0.15, 0.2) is 57.7 Å². The van der Waals surface area contributed by atoms with Gasteiger partial charge in [0.15, 0.2) is 0 Å². The van der Waals surface area contributed by atoms with E-state index >= 15 is 0 Å². The predicted molar refractivity (Wildman–Crippen MR) is 104 cm³/mol. The van der Waals surface area contributed by atoms with Crippen LogP contribution in [0.3, 0.4) is 0 Å². The molecule has 27 heavy (non-hydrogen) atoms. The second kappa shape index (κ2) is 8.54. The molecule has 0 fully saturated rings. The number of benzene rings is 2. The van der Waals surface area contributed by atoms with E-state index in [1.54, 1.807) is 14.0 Å². The van der Waals surface area contributed by atoms with Gasteiger partial charge in [0.1, 0.15) is 11.3 Å². The molecule has 0 atom stereocenters. The Morgan fingerprint density at radius 3 is 2.56 bits per heavy atom. The minimum absolute atomic E-state index is 0.189. The first-order valence-corrected chi connectivity index (χ1v) is 8.97. The molecule has 3 rings (SSSR count). The standard InChI is InChI=1S/C22H22O5/c1-3-21(23)26-12-4-5-15-6-7-17-14-19(22(24)27-20(17)13-15)16-8-10-18(25-2)11-9-16/h6-11,13-14H,3-5,12H2,1-2H3. The number of carbonyl (C=O) groups is 1. The Morgan fingerprint density at radius 2 is 1.85 bits per heavy atom. The van der Waals surface area contributed by atoms with Gasteiger partial charge in [0.05, 0.1) is 19.3 Å². The van der Waals surface area contributed by atoms with Crippen molar-refractivity contribution in [2.45, 2.75) is 26.2 Å². The number of ether oxygens (including phenoxy) is 2. The van der Waals surface area contributed by atoms with E-state index in [2.05, 4.69) is 0 Å². The average Bonchev–Trinajstić information content (AvgIpc) is 2.70. The van der Waals surface area contributed by atoms with Crippen LogP contribution in [0.1, 0.15) is 25.3 Å². The fourth-order valence-corrected chi connectivity index (χ4v) is 2.85. The highest BCUT2D eigenvalue weighted by Gasteiger charge is 2.09. The van der Waals surface area contributed by atoms with Gasteiger partial charge in [-0.2, -0.15) is 0 Å². The Morgan fingerprint density at radius 1 is 1.07 bits per heavy atom. The maximum absolute atomic E-state index is 12.4. The summed E-state index contributed by atoms with van der Waals surface area (Å²) in [6.07, 6.45) is 1.86. The Bertz CT molecular complexity index is 986. The fourth-order valence-electron chi connectivity index (χ4n) is 2.85.